The van der Waals surface area contributed by atoms with E-state index in [-0.39, 0.29) is 5.91 Å². The third-order valence-electron chi connectivity index (χ3n) is 1.93. The van der Waals surface area contributed by atoms with Gasteiger partial charge < -0.3 is 11.1 Å². The van der Waals surface area contributed by atoms with Crippen molar-refractivity contribution in [3.8, 4) is 0 Å². The van der Waals surface area contributed by atoms with Crippen LogP contribution in [0.3, 0.4) is 0 Å². The Balaban J connectivity index is 2.24. The minimum atomic E-state index is -0.211. The van der Waals surface area contributed by atoms with Crippen molar-refractivity contribution < 1.29 is 4.79 Å². The second kappa shape index (κ2) is 4.98. The third kappa shape index (κ3) is 3.24. The molecule has 1 aliphatic rings. The highest BCUT2D eigenvalue weighted by Gasteiger charge is 2.18. The van der Waals surface area contributed by atoms with E-state index in [1.54, 1.807) is 0 Å². The highest BCUT2D eigenvalue weighted by atomic mass is 127. The third-order valence-corrected chi connectivity index (χ3v) is 3.16. The molecule has 1 amide bonds. The number of nitrogens with zero attached hydrogens (tertiary/aromatic N) is 1. The molecule has 12 heavy (non-hydrogen) atoms. The number of piperazine rings is 1. The lowest BCUT2D eigenvalue weighted by molar-refractivity contribution is -0.118. The molecular formula is C7H14IN3O. The summed E-state index contributed by atoms with van der Waals surface area (Å²) in [5.74, 6) is -0.211. The predicted octanol–water partition coefficient (Wildman–Crippen LogP) is -0.472. The van der Waals surface area contributed by atoms with Gasteiger partial charge >= 0.3 is 0 Å². The molecule has 0 aliphatic carbocycles. The number of nitrogens with one attached hydrogen (secondary N) is 1. The maximum atomic E-state index is 10.5. The first-order chi connectivity index (χ1) is 5.70. The number of rotatable bonds is 3. The van der Waals surface area contributed by atoms with E-state index in [0.29, 0.717) is 10.5 Å². The van der Waals surface area contributed by atoms with Gasteiger partial charge in [0.15, 0.2) is 0 Å². The van der Waals surface area contributed by atoms with Crippen LogP contribution in [0.15, 0.2) is 0 Å². The Morgan fingerprint density at radius 1 is 1.75 bits per heavy atom. The number of alkyl halides is 1. The summed E-state index contributed by atoms with van der Waals surface area (Å²) in [6.45, 7) is 3.82. The summed E-state index contributed by atoms with van der Waals surface area (Å²) < 4.78 is 0.496. The van der Waals surface area contributed by atoms with Gasteiger partial charge in [0.1, 0.15) is 0 Å². The summed E-state index contributed by atoms with van der Waals surface area (Å²) in [6, 6.07) is 0. The molecule has 1 heterocycles. The van der Waals surface area contributed by atoms with E-state index >= 15 is 0 Å². The Labute approximate surface area is 86.0 Å². The molecule has 70 valence electrons. The molecule has 0 aromatic heterocycles. The lowest BCUT2D eigenvalue weighted by Crippen LogP contribution is -2.48. The summed E-state index contributed by atoms with van der Waals surface area (Å²) in [7, 11) is 0. The first-order valence-electron chi connectivity index (χ1n) is 4.07. The van der Waals surface area contributed by atoms with Crippen LogP contribution in [0.1, 0.15) is 6.42 Å². The summed E-state index contributed by atoms with van der Waals surface area (Å²) in [5, 5.41) is 3.29. The minimum absolute atomic E-state index is 0.211. The molecule has 0 spiro atoms. The fraction of sp³-hybridized carbons (Fsp3) is 0.857. The number of carbonyl (C=O) groups excluding carboxylic acids is 1. The van der Waals surface area contributed by atoms with E-state index in [9.17, 15) is 4.79 Å². The Morgan fingerprint density at radius 2 is 2.50 bits per heavy atom. The molecular weight excluding hydrogens is 269 g/mol. The average Bonchev–Trinajstić information content (AvgIpc) is 2.03. The second-order valence-electron chi connectivity index (χ2n) is 2.89. The van der Waals surface area contributed by atoms with Crippen molar-refractivity contribution >= 4 is 28.5 Å². The van der Waals surface area contributed by atoms with E-state index < -0.39 is 0 Å². The van der Waals surface area contributed by atoms with Crippen molar-refractivity contribution in [3.63, 3.8) is 0 Å². The fourth-order valence-corrected chi connectivity index (χ4v) is 2.09. The van der Waals surface area contributed by atoms with Crippen LogP contribution in [0, 0.1) is 0 Å². The van der Waals surface area contributed by atoms with Crippen molar-refractivity contribution in [3.05, 3.63) is 0 Å². The molecule has 1 fully saturated rings. The summed E-state index contributed by atoms with van der Waals surface area (Å²) in [5.41, 5.74) is 5.07. The van der Waals surface area contributed by atoms with Gasteiger partial charge in [-0.15, -0.1) is 0 Å². The van der Waals surface area contributed by atoms with Gasteiger partial charge in [-0.3, -0.25) is 9.69 Å². The van der Waals surface area contributed by atoms with Crippen LogP contribution in [-0.4, -0.2) is 41.0 Å². The highest BCUT2D eigenvalue weighted by Crippen LogP contribution is 2.10. The quantitative estimate of drug-likeness (QED) is 0.418. The van der Waals surface area contributed by atoms with E-state index in [2.05, 4.69) is 32.8 Å². The van der Waals surface area contributed by atoms with Crippen molar-refractivity contribution in [1.29, 1.82) is 0 Å². The number of amides is 1. The van der Waals surface area contributed by atoms with Crippen molar-refractivity contribution in [2.75, 3.05) is 26.2 Å². The minimum Gasteiger partial charge on any atom is -0.370 e. The summed E-state index contributed by atoms with van der Waals surface area (Å²) >= 11 is 2.38. The van der Waals surface area contributed by atoms with Crippen LogP contribution in [0.25, 0.3) is 0 Å². The maximum absolute atomic E-state index is 10.5. The zero-order valence-electron chi connectivity index (χ0n) is 6.92. The highest BCUT2D eigenvalue weighted by molar-refractivity contribution is 14.1. The van der Waals surface area contributed by atoms with E-state index in [1.165, 1.54) is 0 Å². The number of carbonyl (C=O) groups is 1. The molecule has 1 unspecified atom stereocenters. The summed E-state index contributed by atoms with van der Waals surface area (Å²) in [6.07, 6.45) is 0.472. The van der Waals surface area contributed by atoms with Crippen molar-refractivity contribution in [2.24, 2.45) is 5.73 Å². The Kier molecular flexibility index (Phi) is 4.24. The van der Waals surface area contributed by atoms with E-state index in [4.69, 9.17) is 5.73 Å². The smallest absolute Gasteiger partial charge is 0.218 e. The van der Waals surface area contributed by atoms with Gasteiger partial charge in [0.2, 0.25) is 5.91 Å². The van der Waals surface area contributed by atoms with Crippen LogP contribution < -0.4 is 11.1 Å². The number of primary amides is 1. The van der Waals surface area contributed by atoms with Crippen LogP contribution in [0.2, 0.25) is 0 Å². The largest absolute Gasteiger partial charge is 0.370 e. The Hall–Kier alpha value is 0.120. The molecule has 4 nitrogen and oxygen atoms in total. The molecule has 1 saturated heterocycles. The van der Waals surface area contributed by atoms with Gasteiger partial charge in [0.25, 0.3) is 0 Å². The molecule has 3 N–H and O–H groups in total. The Morgan fingerprint density at radius 3 is 3.08 bits per heavy atom. The molecule has 0 radical (unpaired) electrons. The molecule has 1 aliphatic heterocycles. The first-order valence-corrected chi connectivity index (χ1v) is 5.32. The van der Waals surface area contributed by atoms with Gasteiger partial charge in [-0.25, -0.2) is 0 Å². The fourth-order valence-electron chi connectivity index (χ4n) is 1.22. The van der Waals surface area contributed by atoms with Crippen LogP contribution in [0.4, 0.5) is 0 Å². The zero-order chi connectivity index (χ0) is 8.97. The molecule has 0 aromatic rings. The maximum Gasteiger partial charge on any atom is 0.218 e. The predicted molar refractivity (Wildman–Crippen MR) is 56.1 cm³/mol. The standard InChI is InChI=1S/C7H14IN3O/c8-6-5-10-2-4-11(6)3-1-7(9)12/h6,10H,1-5H2,(H2,9,12). The SMILES string of the molecule is NC(=O)CCN1CCNCC1I. The van der Waals surface area contributed by atoms with Gasteiger partial charge in [0, 0.05) is 32.6 Å². The lowest BCUT2D eigenvalue weighted by atomic mass is 10.3. The van der Waals surface area contributed by atoms with Gasteiger partial charge in [-0.2, -0.15) is 0 Å². The molecule has 5 heteroatoms. The number of nitrogens with two attached hydrogens (primary N) is 1. The molecule has 1 atom stereocenters. The van der Waals surface area contributed by atoms with Gasteiger partial charge in [-0.05, 0) is 0 Å². The Bertz CT molecular complexity index is 165. The lowest BCUT2D eigenvalue weighted by Gasteiger charge is -2.32. The topological polar surface area (TPSA) is 58.4 Å². The number of hydrogen-bond donors (Lipinski definition) is 2. The molecule has 1 rings (SSSR count). The number of hydrogen-bond acceptors (Lipinski definition) is 3. The van der Waals surface area contributed by atoms with E-state index in [1.807, 2.05) is 0 Å². The monoisotopic (exact) mass is 283 g/mol. The second-order valence-corrected chi connectivity index (χ2v) is 4.33. The molecule has 0 bridgehead atoms. The first kappa shape index (κ1) is 10.2. The zero-order valence-corrected chi connectivity index (χ0v) is 9.08. The van der Waals surface area contributed by atoms with Crippen molar-refractivity contribution in [2.45, 2.75) is 10.5 Å². The average molecular weight is 283 g/mol. The van der Waals surface area contributed by atoms with Crippen molar-refractivity contribution in [1.82, 2.24) is 10.2 Å². The van der Waals surface area contributed by atoms with Crippen LogP contribution >= 0.6 is 22.6 Å². The van der Waals surface area contributed by atoms with Gasteiger partial charge in [0.05, 0.1) is 4.05 Å². The molecule has 0 saturated carbocycles. The van der Waals surface area contributed by atoms with Crippen LogP contribution in [-0.2, 0) is 4.79 Å². The van der Waals surface area contributed by atoms with Crippen LogP contribution in [0.5, 0.6) is 0 Å². The molecule has 0 aromatic carbocycles. The number of halogens is 1. The summed E-state index contributed by atoms with van der Waals surface area (Å²) in [4.78, 5) is 12.8. The van der Waals surface area contributed by atoms with E-state index in [0.717, 1.165) is 26.2 Å². The normalized spacial score (nSPS) is 25.6. The van der Waals surface area contributed by atoms with Gasteiger partial charge in [-0.1, -0.05) is 22.6 Å².